The lowest BCUT2D eigenvalue weighted by Crippen LogP contribution is -2.44. The predicted octanol–water partition coefficient (Wildman–Crippen LogP) is 1.95. The average molecular weight is 384 g/mol. The number of rotatable bonds is 8. The van der Waals surface area contributed by atoms with Crippen LogP contribution in [0, 0.1) is 0 Å². The van der Waals surface area contributed by atoms with Crippen molar-refractivity contribution in [1.82, 2.24) is 25.2 Å². The predicted molar refractivity (Wildman–Crippen MR) is 107 cm³/mol. The van der Waals surface area contributed by atoms with Crippen molar-refractivity contribution in [3.05, 3.63) is 42.4 Å². The fourth-order valence-corrected chi connectivity index (χ4v) is 3.43. The number of methoxy groups -OCH3 is 1. The molecule has 0 unspecified atom stereocenters. The molecule has 1 saturated heterocycles. The molecule has 8 heteroatoms. The van der Waals surface area contributed by atoms with Gasteiger partial charge in [-0.05, 0) is 51.1 Å². The molecule has 0 spiro atoms. The van der Waals surface area contributed by atoms with E-state index in [-0.39, 0.29) is 11.9 Å². The second-order valence-electron chi connectivity index (χ2n) is 7.12. The first-order valence-corrected chi connectivity index (χ1v) is 9.65. The van der Waals surface area contributed by atoms with Crippen molar-refractivity contribution in [3.63, 3.8) is 0 Å². The molecule has 1 fully saturated rings. The van der Waals surface area contributed by atoms with Crippen molar-refractivity contribution >= 4 is 17.7 Å². The van der Waals surface area contributed by atoms with Gasteiger partial charge in [-0.25, -0.2) is 15.0 Å². The Labute approximate surface area is 165 Å². The molecule has 2 aromatic heterocycles. The van der Waals surface area contributed by atoms with Gasteiger partial charge < -0.3 is 15.4 Å². The molecule has 28 heavy (non-hydrogen) atoms. The van der Waals surface area contributed by atoms with Gasteiger partial charge in [0.25, 0.3) is 0 Å². The highest BCUT2D eigenvalue weighted by Crippen LogP contribution is 2.27. The number of hydrogen-bond donors (Lipinski definition) is 2. The van der Waals surface area contributed by atoms with E-state index >= 15 is 0 Å². The number of nitrogens with one attached hydrogen (secondary N) is 2. The number of likely N-dealkylation sites (tertiary alicyclic amines) is 1. The smallest absolute Gasteiger partial charge is 0.234 e. The summed E-state index contributed by atoms with van der Waals surface area (Å²) in [4.78, 5) is 27.4. The summed E-state index contributed by atoms with van der Waals surface area (Å²) in [6, 6.07) is 7.80. The molecule has 8 nitrogen and oxygen atoms in total. The second kappa shape index (κ2) is 10.1. The Hall–Kier alpha value is -2.58. The van der Waals surface area contributed by atoms with E-state index in [9.17, 15) is 4.79 Å². The highest BCUT2D eigenvalue weighted by Gasteiger charge is 2.23. The van der Waals surface area contributed by atoms with Crippen molar-refractivity contribution < 1.29 is 9.53 Å². The molecule has 2 N–H and O–H groups in total. The number of carbonyl (C=O) groups excluding carboxylic acids is 1. The summed E-state index contributed by atoms with van der Waals surface area (Å²) in [7, 11) is 1.64. The fraction of sp³-hybridized carbons (Fsp3) is 0.500. The summed E-state index contributed by atoms with van der Waals surface area (Å²) in [6.07, 6.45) is 5.36. The Balaban J connectivity index is 1.49. The first-order chi connectivity index (χ1) is 13.6. The zero-order chi connectivity index (χ0) is 19.8. The van der Waals surface area contributed by atoms with Crippen LogP contribution in [-0.2, 0) is 9.53 Å². The summed E-state index contributed by atoms with van der Waals surface area (Å²) in [5.41, 5.74) is 1.07. The van der Waals surface area contributed by atoms with Crippen LogP contribution < -0.4 is 10.6 Å². The Kier molecular flexibility index (Phi) is 7.27. The maximum absolute atomic E-state index is 12.1. The van der Waals surface area contributed by atoms with E-state index in [0.717, 1.165) is 37.4 Å². The van der Waals surface area contributed by atoms with Crippen molar-refractivity contribution in [2.24, 2.45) is 0 Å². The first-order valence-electron chi connectivity index (χ1n) is 9.65. The monoisotopic (exact) mass is 384 g/mol. The summed E-state index contributed by atoms with van der Waals surface area (Å²) >= 11 is 0. The highest BCUT2D eigenvalue weighted by atomic mass is 16.5. The van der Waals surface area contributed by atoms with Gasteiger partial charge in [0.2, 0.25) is 11.9 Å². The van der Waals surface area contributed by atoms with E-state index in [4.69, 9.17) is 9.72 Å². The quantitative estimate of drug-likeness (QED) is 0.718. The molecule has 0 saturated carbocycles. The van der Waals surface area contributed by atoms with E-state index in [1.165, 1.54) is 0 Å². The topological polar surface area (TPSA) is 92.3 Å². The third kappa shape index (κ3) is 5.97. The minimum atomic E-state index is 0.0306. The van der Waals surface area contributed by atoms with Crippen LogP contribution in [0.1, 0.15) is 31.4 Å². The van der Waals surface area contributed by atoms with Gasteiger partial charge in [-0.2, -0.15) is 0 Å². The van der Waals surface area contributed by atoms with Gasteiger partial charge in [-0.15, -0.1) is 0 Å². The lowest BCUT2D eigenvalue weighted by atomic mass is 9.93. The van der Waals surface area contributed by atoms with Crippen LogP contribution in [0.5, 0.6) is 0 Å². The Morgan fingerprint density at radius 1 is 1.25 bits per heavy atom. The number of anilines is 2. The highest BCUT2D eigenvalue weighted by molar-refractivity contribution is 5.78. The van der Waals surface area contributed by atoms with Gasteiger partial charge in [-0.1, -0.05) is 6.07 Å². The number of nitrogens with zero attached hydrogens (tertiary/aromatic N) is 4. The number of amides is 1. The molecular formula is C20H28N6O2. The molecule has 0 bridgehead atoms. The Morgan fingerprint density at radius 2 is 2.00 bits per heavy atom. The summed E-state index contributed by atoms with van der Waals surface area (Å²) in [6.45, 7) is 4.68. The number of carbonyl (C=O) groups is 1. The second-order valence-corrected chi connectivity index (χ2v) is 7.12. The number of hydrogen-bond acceptors (Lipinski definition) is 7. The van der Waals surface area contributed by atoms with Crippen LogP contribution >= 0.6 is 0 Å². The molecule has 1 aliphatic rings. The summed E-state index contributed by atoms with van der Waals surface area (Å²) in [5.74, 6) is 1.73. The Morgan fingerprint density at radius 3 is 2.71 bits per heavy atom. The zero-order valence-electron chi connectivity index (χ0n) is 16.5. The van der Waals surface area contributed by atoms with E-state index in [0.29, 0.717) is 25.0 Å². The molecule has 1 aliphatic heterocycles. The van der Waals surface area contributed by atoms with Crippen LogP contribution in [0.4, 0.5) is 11.8 Å². The molecule has 2 aromatic rings. The molecule has 1 amide bonds. The number of pyridine rings is 1. The maximum Gasteiger partial charge on any atom is 0.234 e. The van der Waals surface area contributed by atoms with E-state index in [1.807, 2.05) is 19.1 Å². The number of ether oxygens (including phenoxy) is 1. The first kappa shape index (κ1) is 20.2. The molecule has 3 heterocycles. The van der Waals surface area contributed by atoms with Gasteiger partial charge in [0.1, 0.15) is 5.82 Å². The number of piperidine rings is 1. The molecule has 0 radical (unpaired) electrons. The van der Waals surface area contributed by atoms with Crippen molar-refractivity contribution in [2.75, 3.05) is 38.7 Å². The van der Waals surface area contributed by atoms with E-state index in [1.54, 1.807) is 25.6 Å². The van der Waals surface area contributed by atoms with Gasteiger partial charge >= 0.3 is 0 Å². The molecule has 0 aliphatic carbocycles. The van der Waals surface area contributed by atoms with E-state index in [2.05, 4.69) is 31.6 Å². The van der Waals surface area contributed by atoms with Crippen LogP contribution in [0.25, 0.3) is 0 Å². The minimum absolute atomic E-state index is 0.0306. The van der Waals surface area contributed by atoms with Crippen molar-refractivity contribution in [1.29, 1.82) is 0 Å². The normalized spacial score (nSPS) is 16.5. The van der Waals surface area contributed by atoms with Gasteiger partial charge in [-0.3, -0.25) is 9.69 Å². The maximum atomic E-state index is 12.1. The SMILES string of the molecule is COC[C@H](C)NC(=O)CN1CCC(c2cccc(Nc3ncccn3)n2)CC1. The molecule has 0 aromatic carbocycles. The largest absolute Gasteiger partial charge is 0.383 e. The summed E-state index contributed by atoms with van der Waals surface area (Å²) < 4.78 is 5.06. The molecule has 150 valence electrons. The fourth-order valence-electron chi connectivity index (χ4n) is 3.43. The van der Waals surface area contributed by atoms with Gasteiger partial charge in [0.05, 0.1) is 13.2 Å². The van der Waals surface area contributed by atoms with Gasteiger partial charge in [0, 0.05) is 37.2 Å². The van der Waals surface area contributed by atoms with Crippen LogP contribution in [-0.4, -0.2) is 65.2 Å². The summed E-state index contributed by atoms with van der Waals surface area (Å²) in [5, 5.41) is 6.10. The average Bonchev–Trinajstić information content (AvgIpc) is 2.69. The standard InChI is InChI=1S/C20H28N6O2/c1-15(14-28-2)23-19(27)13-26-11-7-16(8-12-26)17-5-3-6-18(24-17)25-20-21-9-4-10-22-20/h3-6,9-10,15-16H,7-8,11-14H2,1-2H3,(H,23,27)(H,21,22,24,25)/t15-/m0/s1. The zero-order valence-corrected chi connectivity index (χ0v) is 16.5. The lowest BCUT2D eigenvalue weighted by molar-refractivity contribution is -0.123. The Bertz CT molecular complexity index is 749. The number of aromatic nitrogens is 3. The molecular weight excluding hydrogens is 356 g/mol. The van der Waals surface area contributed by atoms with Crippen molar-refractivity contribution in [2.45, 2.75) is 31.7 Å². The third-order valence-corrected chi connectivity index (χ3v) is 4.77. The minimum Gasteiger partial charge on any atom is -0.383 e. The lowest BCUT2D eigenvalue weighted by Gasteiger charge is -2.31. The van der Waals surface area contributed by atoms with Gasteiger partial charge in [0.15, 0.2) is 0 Å². The third-order valence-electron chi connectivity index (χ3n) is 4.77. The van der Waals surface area contributed by atoms with E-state index < -0.39 is 0 Å². The van der Waals surface area contributed by atoms with Crippen LogP contribution in [0.15, 0.2) is 36.7 Å². The van der Waals surface area contributed by atoms with Crippen LogP contribution in [0.2, 0.25) is 0 Å². The van der Waals surface area contributed by atoms with Crippen molar-refractivity contribution in [3.8, 4) is 0 Å². The molecule has 1 atom stereocenters. The molecule has 3 rings (SSSR count). The van der Waals surface area contributed by atoms with Crippen LogP contribution in [0.3, 0.4) is 0 Å².